The van der Waals surface area contributed by atoms with Gasteiger partial charge in [0.25, 0.3) is 8.61 Å². The Labute approximate surface area is 30.9 Å². The highest BCUT2D eigenvalue weighted by Gasteiger charge is 1.58. The number of nitrogens with zero attached hydrogens (tertiary/aromatic N) is 1. The molecule has 5 heavy (non-hydrogen) atoms. The van der Waals surface area contributed by atoms with Crippen molar-refractivity contribution in [2.24, 2.45) is 0 Å². The zero-order valence-corrected chi connectivity index (χ0v) is 3.20. The van der Waals surface area contributed by atoms with E-state index < -0.39 is 0 Å². The van der Waals surface area contributed by atoms with Crippen molar-refractivity contribution in [1.29, 1.82) is 5.26 Å². The van der Waals surface area contributed by atoms with E-state index in [0.717, 1.165) is 0 Å². The summed E-state index contributed by atoms with van der Waals surface area (Å²) in [7, 11) is -0.331. The second kappa shape index (κ2) is 3.39. The van der Waals surface area contributed by atoms with Crippen LogP contribution in [0.5, 0.6) is 0 Å². The van der Waals surface area contributed by atoms with Gasteiger partial charge in [0.2, 0.25) is 0 Å². The number of hydrogen-bond donors (Lipinski definition) is 1. The predicted molar refractivity (Wildman–Crippen MR) is 16.4 cm³/mol. The van der Waals surface area contributed by atoms with Gasteiger partial charge >= 0.3 is 0 Å². The summed E-state index contributed by atoms with van der Waals surface area (Å²) < 4.78 is 9.17. The highest BCUT2D eigenvalue weighted by atomic mass is 31.1. The Hall–Kier alpha value is -0.610. The number of hydrogen-bond acceptors (Lipinski definition) is 2. The van der Waals surface area contributed by atoms with Gasteiger partial charge in [-0.1, -0.05) is 0 Å². The zero-order chi connectivity index (χ0) is 4.12. The predicted octanol–water partition coefficient (Wildman–Crippen LogP) is 0.264. The first-order chi connectivity index (χ1) is 2.41. The molecular formula is CHN2OP. The molecule has 1 N–H and O–H groups in total. The average molecular weight is 88.0 g/mol. The average Bonchev–Trinajstić information content (AvgIpc) is 1.41. The van der Waals surface area contributed by atoms with Gasteiger partial charge in [0.05, 0.1) is 0 Å². The highest BCUT2D eigenvalue weighted by Crippen LogP contribution is 1.71. The van der Waals surface area contributed by atoms with Crippen LogP contribution in [0.1, 0.15) is 0 Å². The number of rotatable bonds is 1. The Morgan fingerprint density at radius 1 is 2.00 bits per heavy atom. The highest BCUT2D eigenvalue weighted by molar-refractivity contribution is 7.21. The molecule has 0 aliphatic carbocycles. The maximum Gasteiger partial charge on any atom is 0.288 e. The quantitative estimate of drug-likeness (QED) is 0.284. The van der Waals surface area contributed by atoms with Gasteiger partial charge in [-0.15, -0.1) is 0 Å². The van der Waals surface area contributed by atoms with Crippen LogP contribution in [0.2, 0.25) is 0 Å². The van der Waals surface area contributed by atoms with Crippen molar-refractivity contribution in [1.82, 2.24) is 5.09 Å². The van der Waals surface area contributed by atoms with E-state index >= 15 is 0 Å². The molecule has 0 aromatic rings. The fourth-order valence-electron chi connectivity index (χ4n) is 0.0204. The van der Waals surface area contributed by atoms with Crippen LogP contribution in [-0.2, 0) is 4.57 Å². The Kier molecular flexibility index (Phi) is 2.98. The standard InChI is InChI=1S/CHN2OP/c2-1-3-5-4/h(H,3,4). The molecule has 0 saturated heterocycles. The lowest BCUT2D eigenvalue weighted by Crippen LogP contribution is -1.77. The third-order valence-electron chi connectivity index (χ3n) is 0.0956. The topological polar surface area (TPSA) is 52.9 Å². The fraction of sp³-hybridized carbons (Fsp3) is 0. The second-order valence-corrected chi connectivity index (χ2v) is 0.721. The molecule has 0 saturated carbocycles. The lowest BCUT2D eigenvalue weighted by Gasteiger charge is -1.57. The Morgan fingerprint density at radius 3 is 2.60 bits per heavy atom. The van der Waals surface area contributed by atoms with Crippen molar-refractivity contribution in [3.05, 3.63) is 0 Å². The summed E-state index contributed by atoms with van der Waals surface area (Å²) in [5, 5.41) is 9.33. The maximum atomic E-state index is 9.17. The molecule has 0 bridgehead atoms. The van der Waals surface area contributed by atoms with Gasteiger partial charge in [-0.2, -0.15) is 5.26 Å². The third kappa shape index (κ3) is 3.39. The molecule has 0 rings (SSSR count). The van der Waals surface area contributed by atoms with E-state index in [1.54, 1.807) is 0 Å². The zero-order valence-electron chi connectivity index (χ0n) is 2.30. The number of nitriles is 1. The molecule has 0 radical (unpaired) electrons. The summed E-state index contributed by atoms with van der Waals surface area (Å²) in [4.78, 5) is 0. The molecule has 0 aliphatic rings. The van der Waals surface area contributed by atoms with Gasteiger partial charge in [0, 0.05) is 0 Å². The van der Waals surface area contributed by atoms with Crippen LogP contribution in [0.3, 0.4) is 0 Å². The van der Waals surface area contributed by atoms with Crippen molar-refractivity contribution in [3.8, 4) is 6.19 Å². The van der Waals surface area contributed by atoms with Crippen LogP contribution in [0.15, 0.2) is 0 Å². The molecule has 0 spiro atoms. The first kappa shape index (κ1) is 4.39. The minimum Gasteiger partial charge on any atom is -0.248 e. The Balaban J connectivity index is 2.75. The van der Waals surface area contributed by atoms with Crippen LogP contribution >= 0.6 is 8.61 Å². The van der Waals surface area contributed by atoms with Crippen LogP contribution < -0.4 is 5.09 Å². The molecule has 0 aliphatic heterocycles. The van der Waals surface area contributed by atoms with Crippen molar-refractivity contribution >= 4 is 8.61 Å². The van der Waals surface area contributed by atoms with Crippen molar-refractivity contribution in [3.63, 3.8) is 0 Å². The largest absolute Gasteiger partial charge is 0.288 e. The summed E-state index contributed by atoms with van der Waals surface area (Å²) >= 11 is 0. The van der Waals surface area contributed by atoms with E-state index in [1.165, 1.54) is 6.19 Å². The lowest BCUT2D eigenvalue weighted by atomic mass is 11.5. The summed E-state index contributed by atoms with van der Waals surface area (Å²) in [5.74, 6) is 0. The van der Waals surface area contributed by atoms with E-state index in [2.05, 4.69) is 0 Å². The van der Waals surface area contributed by atoms with Crippen molar-refractivity contribution in [2.75, 3.05) is 0 Å². The molecular weight excluding hydrogens is 87.0 g/mol. The molecule has 0 amide bonds. The minimum atomic E-state index is -0.331. The molecule has 0 atom stereocenters. The summed E-state index contributed by atoms with van der Waals surface area (Å²) in [5.41, 5.74) is 0. The lowest BCUT2D eigenvalue weighted by molar-refractivity contribution is 0.596. The van der Waals surface area contributed by atoms with Crippen LogP contribution in [-0.4, -0.2) is 0 Å². The Morgan fingerprint density at radius 2 is 2.60 bits per heavy atom. The third-order valence-corrected chi connectivity index (χ3v) is 0.287. The molecule has 0 unspecified atom stereocenters. The fourth-order valence-corrected chi connectivity index (χ4v) is 0.0612. The van der Waals surface area contributed by atoms with Gasteiger partial charge in [-0.25, -0.2) is 9.65 Å². The van der Waals surface area contributed by atoms with E-state index in [-0.39, 0.29) is 8.61 Å². The van der Waals surface area contributed by atoms with E-state index in [0.29, 0.717) is 0 Å². The summed E-state index contributed by atoms with van der Waals surface area (Å²) in [6, 6.07) is 0. The summed E-state index contributed by atoms with van der Waals surface area (Å²) in [6.45, 7) is 0. The Bertz CT molecular complexity index is 64.5. The SMILES string of the molecule is N#CNP=O. The van der Waals surface area contributed by atoms with Crippen molar-refractivity contribution < 1.29 is 4.57 Å². The van der Waals surface area contributed by atoms with Crippen LogP contribution in [0.4, 0.5) is 0 Å². The number of nitrogens with one attached hydrogen (secondary N) is 1. The normalized spacial score (nSPS) is 6.20. The molecule has 3 nitrogen and oxygen atoms in total. The van der Waals surface area contributed by atoms with E-state index in [4.69, 9.17) is 9.83 Å². The smallest absolute Gasteiger partial charge is 0.248 e. The molecule has 0 aromatic carbocycles. The first-order valence-corrected chi connectivity index (χ1v) is 1.69. The van der Waals surface area contributed by atoms with Crippen molar-refractivity contribution in [2.45, 2.75) is 0 Å². The molecule has 26 valence electrons. The molecule has 0 fully saturated rings. The summed E-state index contributed by atoms with van der Waals surface area (Å²) in [6.07, 6.45) is 1.44. The van der Waals surface area contributed by atoms with E-state index in [1.807, 2.05) is 5.09 Å². The molecule has 0 heterocycles. The van der Waals surface area contributed by atoms with Gasteiger partial charge in [0.15, 0.2) is 6.19 Å². The van der Waals surface area contributed by atoms with Crippen LogP contribution in [0, 0.1) is 11.5 Å². The molecule has 4 heteroatoms. The van der Waals surface area contributed by atoms with Crippen LogP contribution in [0.25, 0.3) is 0 Å². The van der Waals surface area contributed by atoms with E-state index in [9.17, 15) is 0 Å². The second-order valence-electron chi connectivity index (χ2n) is 0.315. The molecule has 0 aromatic heterocycles. The first-order valence-electron chi connectivity index (χ1n) is 0.880. The van der Waals surface area contributed by atoms with Gasteiger partial charge in [-0.05, 0) is 0 Å². The maximum absolute atomic E-state index is 9.17. The minimum absolute atomic E-state index is 0.331. The van der Waals surface area contributed by atoms with Gasteiger partial charge in [0.1, 0.15) is 0 Å². The monoisotopic (exact) mass is 88.0 g/mol. The van der Waals surface area contributed by atoms with Gasteiger partial charge in [-0.3, -0.25) is 0 Å². The van der Waals surface area contributed by atoms with Gasteiger partial charge < -0.3 is 0 Å².